The van der Waals surface area contributed by atoms with Gasteiger partial charge in [0.05, 0.1) is 34.5 Å². The fourth-order valence-electron chi connectivity index (χ4n) is 9.01. The molecule has 4 saturated heterocycles. The number of halogens is 3. The minimum absolute atomic E-state index is 0.0409. The zero-order chi connectivity index (χ0) is 42.1. The molecule has 14 nitrogen and oxygen atoms in total. The molecule has 1 atom stereocenters. The van der Waals surface area contributed by atoms with E-state index in [4.69, 9.17) is 10.00 Å². The average molecular weight is 827 g/mol. The molecule has 0 aliphatic carbocycles. The molecule has 2 aromatic carbocycles. The second-order valence-electron chi connectivity index (χ2n) is 16.2. The monoisotopic (exact) mass is 826 g/mol. The van der Waals surface area contributed by atoms with Crippen molar-refractivity contribution in [3.05, 3.63) is 77.0 Å². The van der Waals surface area contributed by atoms with E-state index in [9.17, 15) is 37.1 Å². The van der Waals surface area contributed by atoms with Crippen LogP contribution >= 0.6 is 0 Å². The van der Waals surface area contributed by atoms with Gasteiger partial charge < -0.3 is 24.8 Å². The molecule has 5 aliphatic rings. The van der Waals surface area contributed by atoms with E-state index < -0.39 is 47.0 Å². The summed E-state index contributed by atoms with van der Waals surface area (Å²) >= 11 is 0. The average Bonchev–Trinajstić information content (AvgIpc) is 3.49. The maximum atomic E-state index is 13.5. The molecule has 17 heteroatoms. The zero-order valence-corrected chi connectivity index (χ0v) is 32.9. The molecule has 5 amide bonds. The van der Waals surface area contributed by atoms with E-state index in [1.54, 1.807) is 41.4 Å². The van der Waals surface area contributed by atoms with Crippen LogP contribution < -0.4 is 25.2 Å². The number of benzene rings is 2. The van der Waals surface area contributed by atoms with Gasteiger partial charge in [0.2, 0.25) is 17.7 Å². The third-order valence-corrected chi connectivity index (χ3v) is 12.4. The number of rotatable bonds is 9. The standard InChI is InChI=1S/C43H45F3N8O6/c44-43(45,46)35-22-30(2-1-28(35)23-47)53-19-11-27(12-20-53)39(56)49-37-7-4-32(24-48-37)60-31-13-15-51(16-14-31)25-26-9-17-52(18-10-26)29-3-5-33-34(21-29)42(59)54(41(33)58)36-6-8-38(55)50-40(36)57/h1-5,7,21-22,24,26-27,31,36H,6,8-20,25H2,(H,48,49,56)(H,50,55,57). The number of aromatic nitrogens is 1. The number of nitrogens with zero attached hydrogens (tertiary/aromatic N) is 6. The summed E-state index contributed by atoms with van der Waals surface area (Å²) in [5.74, 6) is -1.01. The highest BCUT2D eigenvalue weighted by Crippen LogP contribution is 2.36. The number of likely N-dealkylation sites (tertiary alicyclic amines) is 1. The Kier molecular flexibility index (Phi) is 11.5. The maximum absolute atomic E-state index is 13.5. The van der Waals surface area contributed by atoms with E-state index in [-0.39, 0.29) is 41.9 Å². The quantitative estimate of drug-likeness (QED) is 0.279. The summed E-state index contributed by atoms with van der Waals surface area (Å²) in [6.45, 7) is 5.25. The fraction of sp³-hybridized carbons (Fsp3) is 0.465. The Labute approximate surface area is 344 Å². The summed E-state index contributed by atoms with van der Waals surface area (Å²) < 4.78 is 46.6. The number of anilines is 3. The van der Waals surface area contributed by atoms with Crippen molar-refractivity contribution in [2.24, 2.45) is 11.8 Å². The number of imide groups is 2. The van der Waals surface area contributed by atoms with Gasteiger partial charge in [-0.15, -0.1) is 0 Å². The minimum atomic E-state index is -4.63. The number of pyridine rings is 1. The number of carbonyl (C=O) groups is 5. The topological polar surface area (TPSA) is 168 Å². The molecule has 314 valence electrons. The van der Waals surface area contributed by atoms with E-state index in [1.807, 2.05) is 6.07 Å². The van der Waals surface area contributed by atoms with E-state index in [0.29, 0.717) is 49.1 Å². The van der Waals surface area contributed by atoms with Gasteiger partial charge in [0.25, 0.3) is 11.8 Å². The Hall–Kier alpha value is -6.02. The van der Waals surface area contributed by atoms with Crippen molar-refractivity contribution in [1.29, 1.82) is 5.26 Å². The minimum Gasteiger partial charge on any atom is -0.489 e. The number of piperidine rings is 4. The molecule has 2 N–H and O–H groups in total. The number of hydrogen-bond donors (Lipinski definition) is 2. The lowest BCUT2D eigenvalue weighted by atomic mass is 9.94. The first-order chi connectivity index (χ1) is 28.8. The fourth-order valence-corrected chi connectivity index (χ4v) is 9.01. The van der Waals surface area contributed by atoms with Crippen LogP contribution in [0, 0.1) is 23.2 Å². The van der Waals surface area contributed by atoms with Gasteiger partial charge in [-0.05, 0) is 99.4 Å². The lowest BCUT2D eigenvalue weighted by Crippen LogP contribution is -2.54. The number of alkyl halides is 3. The highest BCUT2D eigenvalue weighted by atomic mass is 19.4. The smallest absolute Gasteiger partial charge is 0.417 e. The molecule has 1 unspecified atom stereocenters. The van der Waals surface area contributed by atoms with Crippen LogP contribution in [-0.2, 0) is 20.6 Å². The summed E-state index contributed by atoms with van der Waals surface area (Å²) in [7, 11) is 0. The number of ether oxygens (including phenoxy) is 1. The van der Waals surface area contributed by atoms with Crippen molar-refractivity contribution >= 4 is 46.7 Å². The lowest BCUT2D eigenvalue weighted by molar-refractivity contribution is -0.138. The molecule has 6 heterocycles. The Morgan fingerprint density at radius 2 is 1.50 bits per heavy atom. The number of nitrogens with one attached hydrogen (secondary N) is 2. The first-order valence-corrected chi connectivity index (χ1v) is 20.5. The Morgan fingerprint density at radius 1 is 0.833 bits per heavy atom. The van der Waals surface area contributed by atoms with Crippen LogP contribution in [0.25, 0.3) is 0 Å². The Balaban J connectivity index is 0.745. The molecule has 0 radical (unpaired) electrons. The van der Waals surface area contributed by atoms with E-state index in [0.717, 1.165) is 75.1 Å². The summed E-state index contributed by atoms with van der Waals surface area (Å²) in [5, 5.41) is 14.2. The summed E-state index contributed by atoms with van der Waals surface area (Å²) in [6, 6.07) is 13.1. The third-order valence-electron chi connectivity index (χ3n) is 12.4. The molecule has 8 rings (SSSR count). The van der Waals surface area contributed by atoms with Crippen molar-refractivity contribution in [1.82, 2.24) is 20.1 Å². The lowest BCUT2D eigenvalue weighted by Gasteiger charge is -2.38. The largest absolute Gasteiger partial charge is 0.489 e. The number of amides is 5. The molecule has 0 bridgehead atoms. The van der Waals surface area contributed by atoms with Gasteiger partial charge in [-0.2, -0.15) is 18.4 Å². The van der Waals surface area contributed by atoms with Crippen molar-refractivity contribution in [2.45, 2.75) is 69.7 Å². The summed E-state index contributed by atoms with van der Waals surface area (Å²) in [5.41, 5.74) is 0.432. The second-order valence-corrected chi connectivity index (χ2v) is 16.2. The van der Waals surface area contributed by atoms with Crippen LogP contribution in [0.2, 0.25) is 0 Å². The van der Waals surface area contributed by atoms with Gasteiger partial charge in [-0.25, -0.2) is 4.98 Å². The van der Waals surface area contributed by atoms with Crippen LogP contribution in [0.1, 0.15) is 83.2 Å². The third kappa shape index (κ3) is 8.65. The number of fused-ring (bicyclic) bond motifs is 1. The van der Waals surface area contributed by atoms with Gasteiger partial charge in [-0.3, -0.25) is 34.2 Å². The predicted octanol–water partition coefficient (Wildman–Crippen LogP) is 4.99. The van der Waals surface area contributed by atoms with Gasteiger partial charge >= 0.3 is 6.18 Å². The zero-order valence-electron chi connectivity index (χ0n) is 32.9. The first kappa shape index (κ1) is 40.7. The van der Waals surface area contributed by atoms with E-state index in [1.165, 1.54) is 12.1 Å². The van der Waals surface area contributed by atoms with Gasteiger partial charge in [0.15, 0.2) is 0 Å². The van der Waals surface area contributed by atoms with Gasteiger partial charge in [0.1, 0.15) is 23.7 Å². The molecule has 5 aliphatic heterocycles. The van der Waals surface area contributed by atoms with E-state index in [2.05, 4.69) is 25.4 Å². The molecule has 1 aromatic heterocycles. The number of carbonyl (C=O) groups excluding carboxylic acids is 5. The second kappa shape index (κ2) is 16.9. The summed E-state index contributed by atoms with van der Waals surface area (Å²) in [6.07, 6.45) is 1.85. The van der Waals surface area contributed by atoms with Crippen LogP contribution in [0.5, 0.6) is 5.75 Å². The van der Waals surface area contributed by atoms with Crippen LogP contribution in [0.4, 0.5) is 30.4 Å². The van der Waals surface area contributed by atoms with Crippen molar-refractivity contribution in [2.75, 3.05) is 60.9 Å². The normalized spacial score (nSPS) is 21.2. The summed E-state index contributed by atoms with van der Waals surface area (Å²) in [4.78, 5) is 75.4. The van der Waals surface area contributed by atoms with Gasteiger partial charge in [0, 0.05) is 69.5 Å². The van der Waals surface area contributed by atoms with E-state index >= 15 is 0 Å². The SMILES string of the molecule is N#Cc1ccc(N2CCC(C(=O)Nc3ccc(OC4CCN(CC5CCN(c6ccc7c(c6)C(=O)N(C6CCC(=O)NC6=O)C7=O)CC5)CC4)cn3)CC2)cc1C(F)(F)F. The molecular weight excluding hydrogens is 782 g/mol. The predicted molar refractivity (Wildman–Crippen MR) is 212 cm³/mol. The highest BCUT2D eigenvalue weighted by molar-refractivity contribution is 6.23. The molecule has 0 spiro atoms. The molecule has 3 aromatic rings. The van der Waals surface area contributed by atoms with Crippen molar-refractivity contribution in [3.8, 4) is 11.8 Å². The molecular formula is C43H45F3N8O6. The molecule has 4 fully saturated rings. The first-order valence-electron chi connectivity index (χ1n) is 20.5. The molecule has 0 saturated carbocycles. The van der Waals surface area contributed by atoms with Crippen molar-refractivity contribution < 1.29 is 41.9 Å². The van der Waals surface area contributed by atoms with Crippen LogP contribution in [0.3, 0.4) is 0 Å². The highest BCUT2D eigenvalue weighted by Gasteiger charge is 2.45. The van der Waals surface area contributed by atoms with Crippen molar-refractivity contribution in [3.63, 3.8) is 0 Å². The number of hydrogen-bond acceptors (Lipinski definition) is 11. The Morgan fingerprint density at radius 3 is 2.15 bits per heavy atom. The van der Waals surface area contributed by atoms with Crippen LogP contribution in [-0.4, -0.2) is 102 Å². The number of nitriles is 1. The Bertz CT molecular complexity index is 2200. The van der Waals surface area contributed by atoms with Crippen LogP contribution in [0.15, 0.2) is 54.7 Å². The maximum Gasteiger partial charge on any atom is 0.417 e. The molecule has 60 heavy (non-hydrogen) atoms. The van der Waals surface area contributed by atoms with Gasteiger partial charge in [-0.1, -0.05) is 0 Å².